The molecule has 0 aromatic heterocycles. The van der Waals surface area contributed by atoms with E-state index in [9.17, 15) is 10.1 Å². The van der Waals surface area contributed by atoms with Gasteiger partial charge < -0.3 is 22.9 Å². The number of benzene rings is 2. The summed E-state index contributed by atoms with van der Waals surface area (Å²) < 4.78 is 0. The van der Waals surface area contributed by atoms with Crippen LogP contribution in [0.15, 0.2) is 30.3 Å². The Balaban J connectivity index is 2.71. The third-order valence-corrected chi connectivity index (χ3v) is 2.83. The van der Waals surface area contributed by atoms with Crippen LogP contribution in [0, 0.1) is 10.1 Å². The number of hydrogen-bond acceptors (Lipinski definition) is 6. The maximum Gasteiger partial charge on any atom is 0.301 e. The molecule has 0 fully saturated rings. The van der Waals surface area contributed by atoms with Crippen molar-refractivity contribution in [3.63, 3.8) is 0 Å². The molecule has 2 aromatic rings. The predicted molar refractivity (Wildman–Crippen MR) is 76.2 cm³/mol. The molecular formula is C12H13N5O2. The van der Waals surface area contributed by atoms with E-state index in [2.05, 4.69) is 0 Å². The molecule has 0 bridgehead atoms. The van der Waals surface area contributed by atoms with Crippen LogP contribution in [-0.2, 0) is 0 Å². The first kappa shape index (κ1) is 12.5. The molecule has 2 rings (SSSR count). The van der Waals surface area contributed by atoms with Gasteiger partial charge in [0.25, 0.3) is 0 Å². The fourth-order valence-corrected chi connectivity index (χ4v) is 1.80. The van der Waals surface area contributed by atoms with E-state index >= 15 is 0 Å². The van der Waals surface area contributed by atoms with Gasteiger partial charge in [-0.05, 0) is 29.8 Å². The van der Waals surface area contributed by atoms with Gasteiger partial charge in [-0.3, -0.25) is 10.1 Å². The lowest BCUT2D eigenvalue weighted by Gasteiger charge is -2.09. The molecule has 2 aromatic carbocycles. The number of nitrogens with zero attached hydrogens (tertiary/aromatic N) is 1. The minimum atomic E-state index is -0.562. The highest BCUT2D eigenvalue weighted by Gasteiger charge is 2.21. The molecule has 19 heavy (non-hydrogen) atoms. The number of nitrogen functional groups attached to an aromatic ring is 4. The van der Waals surface area contributed by atoms with Crippen molar-refractivity contribution >= 4 is 28.4 Å². The summed E-state index contributed by atoms with van der Waals surface area (Å²) in [5.41, 5.74) is 24.1. The van der Waals surface area contributed by atoms with Crippen LogP contribution in [0.2, 0.25) is 0 Å². The molecule has 7 nitrogen and oxygen atoms in total. The maximum atomic E-state index is 11.1. The van der Waals surface area contributed by atoms with Crippen LogP contribution in [0.5, 0.6) is 0 Å². The Morgan fingerprint density at radius 2 is 1.53 bits per heavy atom. The molecule has 0 aliphatic carbocycles. The van der Waals surface area contributed by atoms with Gasteiger partial charge in [-0.1, -0.05) is 6.07 Å². The number of rotatable bonds is 2. The summed E-state index contributed by atoms with van der Waals surface area (Å²) in [7, 11) is 0. The number of nitro groups is 1. The Hall–Kier alpha value is -2.96. The molecule has 0 spiro atoms. The Labute approximate surface area is 109 Å². The zero-order valence-corrected chi connectivity index (χ0v) is 9.96. The van der Waals surface area contributed by atoms with E-state index in [1.807, 2.05) is 0 Å². The molecule has 0 atom stereocenters. The normalized spacial score (nSPS) is 10.3. The van der Waals surface area contributed by atoms with Gasteiger partial charge in [0.1, 0.15) is 5.69 Å². The summed E-state index contributed by atoms with van der Waals surface area (Å²) in [6.45, 7) is 0. The monoisotopic (exact) mass is 259 g/mol. The first-order valence-corrected chi connectivity index (χ1v) is 5.39. The fourth-order valence-electron chi connectivity index (χ4n) is 1.80. The van der Waals surface area contributed by atoms with Gasteiger partial charge in [-0.2, -0.15) is 0 Å². The van der Waals surface area contributed by atoms with E-state index in [0.717, 1.165) is 0 Å². The third kappa shape index (κ3) is 2.08. The zero-order chi connectivity index (χ0) is 14.2. The minimum absolute atomic E-state index is 0.0575. The number of nitrogens with two attached hydrogens (primary N) is 4. The average molecular weight is 259 g/mol. The highest BCUT2D eigenvalue weighted by atomic mass is 16.6. The standard InChI is InChI=1S/C12H13N5O2/c13-8-3-1-6(5-10(8)15)7-2-4-9(14)11(16)12(7)17(18)19/h1-5H,13-16H2. The van der Waals surface area contributed by atoms with Gasteiger partial charge in [0.2, 0.25) is 0 Å². The van der Waals surface area contributed by atoms with Crippen LogP contribution in [0.1, 0.15) is 0 Å². The van der Waals surface area contributed by atoms with Gasteiger partial charge in [0.05, 0.1) is 27.5 Å². The van der Waals surface area contributed by atoms with Gasteiger partial charge in [-0.15, -0.1) is 0 Å². The molecule has 0 heterocycles. The van der Waals surface area contributed by atoms with Crippen LogP contribution in [0.3, 0.4) is 0 Å². The second kappa shape index (κ2) is 4.37. The van der Waals surface area contributed by atoms with Crippen molar-refractivity contribution in [1.29, 1.82) is 0 Å². The summed E-state index contributed by atoms with van der Waals surface area (Å²) in [5, 5.41) is 11.1. The van der Waals surface area contributed by atoms with Gasteiger partial charge in [-0.25, -0.2) is 0 Å². The Kier molecular flexibility index (Phi) is 2.88. The SMILES string of the molecule is Nc1ccc(-c2ccc(N)c(N)c2[N+](=O)[O-])cc1N. The largest absolute Gasteiger partial charge is 0.397 e. The van der Waals surface area contributed by atoms with Crippen molar-refractivity contribution in [2.75, 3.05) is 22.9 Å². The lowest BCUT2D eigenvalue weighted by atomic mass is 10.0. The van der Waals surface area contributed by atoms with Crippen molar-refractivity contribution in [2.24, 2.45) is 0 Å². The van der Waals surface area contributed by atoms with E-state index in [1.165, 1.54) is 12.1 Å². The molecule has 7 heteroatoms. The lowest BCUT2D eigenvalue weighted by Crippen LogP contribution is -2.02. The number of anilines is 4. The Morgan fingerprint density at radius 3 is 2.11 bits per heavy atom. The number of nitro benzene ring substituents is 1. The third-order valence-electron chi connectivity index (χ3n) is 2.83. The summed E-state index contributed by atoms with van der Waals surface area (Å²) >= 11 is 0. The molecule has 0 saturated heterocycles. The molecule has 0 aliphatic heterocycles. The summed E-state index contributed by atoms with van der Waals surface area (Å²) in [5.74, 6) is 0. The first-order valence-electron chi connectivity index (χ1n) is 5.39. The first-order chi connectivity index (χ1) is 8.91. The molecule has 98 valence electrons. The second-order valence-electron chi connectivity index (χ2n) is 4.07. The molecule has 8 N–H and O–H groups in total. The minimum Gasteiger partial charge on any atom is -0.397 e. The fraction of sp³-hybridized carbons (Fsp3) is 0. The maximum absolute atomic E-state index is 11.1. The average Bonchev–Trinajstić information content (AvgIpc) is 2.35. The Morgan fingerprint density at radius 1 is 0.895 bits per heavy atom. The molecule has 0 saturated carbocycles. The topological polar surface area (TPSA) is 147 Å². The van der Waals surface area contributed by atoms with Crippen LogP contribution >= 0.6 is 0 Å². The molecule has 0 aliphatic rings. The zero-order valence-electron chi connectivity index (χ0n) is 9.96. The van der Waals surface area contributed by atoms with Crippen LogP contribution in [0.25, 0.3) is 11.1 Å². The molecule has 0 unspecified atom stereocenters. The highest BCUT2D eigenvalue weighted by Crippen LogP contribution is 2.38. The summed E-state index contributed by atoms with van der Waals surface area (Å²) in [6, 6.07) is 7.84. The Bertz CT molecular complexity index is 669. The van der Waals surface area contributed by atoms with E-state index < -0.39 is 4.92 Å². The highest BCUT2D eigenvalue weighted by molar-refractivity contribution is 5.89. The van der Waals surface area contributed by atoms with E-state index in [0.29, 0.717) is 22.5 Å². The van der Waals surface area contributed by atoms with Crippen molar-refractivity contribution in [2.45, 2.75) is 0 Å². The predicted octanol–water partition coefficient (Wildman–Crippen LogP) is 1.59. The number of hydrogen-bond donors (Lipinski definition) is 4. The van der Waals surface area contributed by atoms with Crippen molar-refractivity contribution in [3.05, 3.63) is 40.4 Å². The lowest BCUT2D eigenvalue weighted by molar-refractivity contribution is -0.383. The van der Waals surface area contributed by atoms with Crippen molar-refractivity contribution < 1.29 is 4.92 Å². The molecule has 0 amide bonds. The summed E-state index contributed by atoms with van der Waals surface area (Å²) in [6.07, 6.45) is 0. The molecular weight excluding hydrogens is 246 g/mol. The van der Waals surface area contributed by atoms with Crippen LogP contribution in [0.4, 0.5) is 28.4 Å². The van der Waals surface area contributed by atoms with Crippen molar-refractivity contribution in [3.8, 4) is 11.1 Å². The van der Waals surface area contributed by atoms with Gasteiger partial charge >= 0.3 is 5.69 Å². The smallest absolute Gasteiger partial charge is 0.301 e. The quantitative estimate of drug-likeness (QED) is 0.365. The van der Waals surface area contributed by atoms with E-state index in [1.54, 1.807) is 18.2 Å². The van der Waals surface area contributed by atoms with Gasteiger partial charge in [0.15, 0.2) is 0 Å². The molecule has 0 radical (unpaired) electrons. The van der Waals surface area contributed by atoms with E-state index in [4.69, 9.17) is 22.9 Å². The second-order valence-corrected chi connectivity index (χ2v) is 4.07. The summed E-state index contributed by atoms with van der Waals surface area (Å²) in [4.78, 5) is 10.6. The van der Waals surface area contributed by atoms with Crippen molar-refractivity contribution in [1.82, 2.24) is 0 Å². The van der Waals surface area contributed by atoms with Crippen LogP contribution in [-0.4, -0.2) is 4.92 Å². The van der Waals surface area contributed by atoms with E-state index in [-0.39, 0.29) is 17.1 Å². The van der Waals surface area contributed by atoms with Gasteiger partial charge in [0, 0.05) is 0 Å². The van der Waals surface area contributed by atoms with Crippen LogP contribution < -0.4 is 22.9 Å².